The molecule has 2 N–H and O–H groups in total. The van der Waals surface area contributed by atoms with Crippen LogP contribution in [-0.4, -0.2) is 12.5 Å². The zero-order chi connectivity index (χ0) is 13.7. The second-order valence-electron chi connectivity index (χ2n) is 4.30. The summed E-state index contributed by atoms with van der Waals surface area (Å²) in [4.78, 5) is 14.2. The molecule has 1 amide bonds. The summed E-state index contributed by atoms with van der Waals surface area (Å²) in [5.41, 5.74) is 1.72. The van der Waals surface area contributed by atoms with Crippen molar-refractivity contribution in [1.29, 1.82) is 0 Å². The van der Waals surface area contributed by atoms with E-state index in [-0.39, 0.29) is 5.91 Å². The van der Waals surface area contributed by atoms with Crippen LogP contribution in [0.2, 0.25) is 0 Å². The first-order valence-corrected chi connectivity index (χ1v) is 7.18. The number of nitrogens with one attached hydrogen (secondary N) is 2. The van der Waals surface area contributed by atoms with E-state index in [1.165, 1.54) is 9.75 Å². The van der Waals surface area contributed by atoms with Gasteiger partial charge in [0.2, 0.25) is 0 Å². The fraction of sp³-hybridized carbons (Fsp3) is 0.267. The van der Waals surface area contributed by atoms with E-state index in [1.807, 2.05) is 31.2 Å². The van der Waals surface area contributed by atoms with Gasteiger partial charge in [0, 0.05) is 34.1 Å². The van der Waals surface area contributed by atoms with Gasteiger partial charge in [0.1, 0.15) is 0 Å². The van der Waals surface area contributed by atoms with Gasteiger partial charge in [-0.05, 0) is 50.2 Å². The zero-order valence-electron chi connectivity index (χ0n) is 11.2. The van der Waals surface area contributed by atoms with Crippen molar-refractivity contribution in [3.8, 4) is 0 Å². The van der Waals surface area contributed by atoms with E-state index < -0.39 is 0 Å². The van der Waals surface area contributed by atoms with Gasteiger partial charge in [0.25, 0.3) is 5.91 Å². The van der Waals surface area contributed by atoms with Crippen molar-refractivity contribution in [2.45, 2.75) is 20.4 Å². The molecule has 0 atom stereocenters. The molecule has 100 valence electrons. The van der Waals surface area contributed by atoms with E-state index in [2.05, 4.69) is 29.7 Å². The molecular weight excluding hydrogens is 256 g/mol. The number of benzene rings is 1. The Bertz CT molecular complexity index is 546. The topological polar surface area (TPSA) is 41.1 Å². The summed E-state index contributed by atoms with van der Waals surface area (Å²) in [6.45, 7) is 5.49. The van der Waals surface area contributed by atoms with Gasteiger partial charge >= 0.3 is 0 Å². The maximum absolute atomic E-state index is 11.6. The Morgan fingerprint density at radius 2 is 1.89 bits per heavy atom. The predicted molar refractivity (Wildman–Crippen MR) is 80.8 cm³/mol. The van der Waals surface area contributed by atoms with Gasteiger partial charge < -0.3 is 10.6 Å². The van der Waals surface area contributed by atoms with E-state index >= 15 is 0 Å². The van der Waals surface area contributed by atoms with Crippen molar-refractivity contribution in [2.75, 3.05) is 11.9 Å². The molecule has 0 unspecified atom stereocenters. The highest BCUT2D eigenvalue weighted by Crippen LogP contribution is 2.17. The molecule has 0 fully saturated rings. The molecule has 0 saturated heterocycles. The lowest BCUT2D eigenvalue weighted by atomic mass is 10.2. The number of hydrogen-bond donors (Lipinski definition) is 2. The molecule has 4 heteroatoms. The summed E-state index contributed by atoms with van der Waals surface area (Å²) in [5, 5.41) is 6.14. The summed E-state index contributed by atoms with van der Waals surface area (Å²) in [5.74, 6) is -0.0251. The first-order chi connectivity index (χ1) is 9.19. The third-order valence-corrected chi connectivity index (χ3v) is 3.75. The molecule has 0 bridgehead atoms. The third kappa shape index (κ3) is 3.83. The first-order valence-electron chi connectivity index (χ1n) is 6.36. The van der Waals surface area contributed by atoms with Gasteiger partial charge in [0.15, 0.2) is 0 Å². The summed E-state index contributed by atoms with van der Waals surface area (Å²) in [6.07, 6.45) is 0. The second-order valence-corrected chi connectivity index (χ2v) is 5.68. The van der Waals surface area contributed by atoms with Gasteiger partial charge in [-0.15, -0.1) is 11.3 Å². The SMILES string of the molecule is CCNC(=O)c1ccc(NCc2ccc(C)s2)cc1. The fourth-order valence-electron chi connectivity index (χ4n) is 1.77. The smallest absolute Gasteiger partial charge is 0.251 e. The highest BCUT2D eigenvalue weighted by molar-refractivity contribution is 7.11. The van der Waals surface area contributed by atoms with Crippen LogP contribution in [0.15, 0.2) is 36.4 Å². The van der Waals surface area contributed by atoms with Gasteiger partial charge in [-0.25, -0.2) is 0 Å². The van der Waals surface area contributed by atoms with Crippen LogP contribution in [0.5, 0.6) is 0 Å². The number of carbonyl (C=O) groups is 1. The largest absolute Gasteiger partial charge is 0.380 e. The van der Waals surface area contributed by atoms with Crippen LogP contribution < -0.4 is 10.6 Å². The Balaban J connectivity index is 1.93. The minimum Gasteiger partial charge on any atom is -0.380 e. The number of amides is 1. The Morgan fingerprint density at radius 1 is 1.16 bits per heavy atom. The lowest BCUT2D eigenvalue weighted by Gasteiger charge is -2.06. The Labute approximate surface area is 117 Å². The third-order valence-electron chi connectivity index (χ3n) is 2.75. The lowest BCUT2D eigenvalue weighted by Crippen LogP contribution is -2.22. The molecule has 1 aromatic heterocycles. The number of anilines is 1. The van der Waals surface area contributed by atoms with Crippen LogP contribution >= 0.6 is 11.3 Å². The molecule has 0 aliphatic carbocycles. The standard InChI is InChI=1S/C15H18N2OS/c1-3-16-15(18)12-5-7-13(8-6-12)17-10-14-9-4-11(2)19-14/h4-9,17H,3,10H2,1-2H3,(H,16,18). The van der Waals surface area contributed by atoms with Crippen LogP contribution in [0.4, 0.5) is 5.69 Å². The van der Waals surface area contributed by atoms with E-state index in [1.54, 1.807) is 11.3 Å². The summed E-state index contributed by atoms with van der Waals surface area (Å²) >= 11 is 1.80. The van der Waals surface area contributed by atoms with E-state index in [0.717, 1.165) is 12.2 Å². The van der Waals surface area contributed by atoms with Crippen LogP contribution in [0.1, 0.15) is 27.0 Å². The van der Waals surface area contributed by atoms with Gasteiger partial charge in [0.05, 0.1) is 0 Å². The quantitative estimate of drug-likeness (QED) is 0.877. The molecular formula is C15H18N2OS. The number of hydrogen-bond acceptors (Lipinski definition) is 3. The zero-order valence-corrected chi connectivity index (χ0v) is 12.0. The highest BCUT2D eigenvalue weighted by Gasteiger charge is 2.03. The van der Waals surface area contributed by atoms with Gasteiger partial charge in [-0.1, -0.05) is 0 Å². The molecule has 0 radical (unpaired) electrons. The average molecular weight is 274 g/mol. The van der Waals surface area contributed by atoms with Crippen LogP contribution in [0.3, 0.4) is 0 Å². The van der Waals surface area contributed by atoms with Crippen molar-refractivity contribution >= 4 is 22.9 Å². The number of thiophene rings is 1. The molecule has 2 aromatic rings. The summed E-state index contributed by atoms with van der Waals surface area (Å²) < 4.78 is 0. The Morgan fingerprint density at radius 3 is 2.47 bits per heavy atom. The number of carbonyl (C=O) groups excluding carboxylic acids is 1. The van der Waals surface area contributed by atoms with E-state index in [4.69, 9.17) is 0 Å². The molecule has 1 aromatic carbocycles. The molecule has 2 rings (SSSR count). The van der Waals surface area contributed by atoms with Crippen LogP contribution in [0, 0.1) is 6.92 Å². The first kappa shape index (κ1) is 13.6. The lowest BCUT2D eigenvalue weighted by molar-refractivity contribution is 0.0956. The Kier molecular flexibility index (Phi) is 4.58. The number of rotatable bonds is 5. The second kappa shape index (κ2) is 6.38. The summed E-state index contributed by atoms with van der Waals surface area (Å²) in [6, 6.07) is 11.8. The van der Waals surface area contributed by atoms with Crippen molar-refractivity contribution < 1.29 is 4.79 Å². The normalized spacial score (nSPS) is 10.2. The summed E-state index contributed by atoms with van der Waals surface area (Å²) in [7, 11) is 0. The van der Waals surface area contributed by atoms with Crippen molar-refractivity contribution in [3.63, 3.8) is 0 Å². The molecule has 1 heterocycles. The molecule has 0 saturated carbocycles. The minimum absolute atomic E-state index is 0.0251. The minimum atomic E-state index is -0.0251. The monoisotopic (exact) mass is 274 g/mol. The predicted octanol–water partition coefficient (Wildman–Crippen LogP) is 3.42. The van der Waals surface area contributed by atoms with E-state index in [0.29, 0.717) is 12.1 Å². The van der Waals surface area contributed by atoms with Gasteiger partial charge in [-0.2, -0.15) is 0 Å². The van der Waals surface area contributed by atoms with Crippen molar-refractivity contribution in [1.82, 2.24) is 5.32 Å². The van der Waals surface area contributed by atoms with Crippen molar-refractivity contribution in [2.24, 2.45) is 0 Å². The van der Waals surface area contributed by atoms with Crippen molar-refractivity contribution in [3.05, 3.63) is 51.7 Å². The van der Waals surface area contributed by atoms with Gasteiger partial charge in [-0.3, -0.25) is 4.79 Å². The van der Waals surface area contributed by atoms with Crippen LogP contribution in [-0.2, 0) is 6.54 Å². The molecule has 0 aliphatic heterocycles. The maximum Gasteiger partial charge on any atom is 0.251 e. The molecule has 0 spiro atoms. The fourth-order valence-corrected chi connectivity index (χ4v) is 2.60. The van der Waals surface area contributed by atoms with Crippen LogP contribution in [0.25, 0.3) is 0 Å². The molecule has 19 heavy (non-hydrogen) atoms. The highest BCUT2D eigenvalue weighted by atomic mass is 32.1. The molecule has 0 aliphatic rings. The Hall–Kier alpha value is -1.81. The molecule has 3 nitrogen and oxygen atoms in total. The van der Waals surface area contributed by atoms with E-state index in [9.17, 15) is 4.79 Å². The average Bonchev–Trinajstić information content (AvgIpc) is 2.83. The number of aryl methyl sites for hydroxylation is 1. The maximum atomic E-state index is 11.6.